The third kappa shape index (κ3) is 5.27. The summed E-state index contributed by atoms with van der Waals surface area (Å²) >= 11 is 0. The van der Waals surface area contributed by atoms with Crippen molar-refractivity contribution in [3.05, 3.63) is 29.7 Å². The molecule has 0 saturated heterocycles. The van der Waals surface area contributed by atoms with E-state index >= 15 is 0 Å². The maximum absolute atomic E-state index is 12.0. The third-order valence-electron chi connectivity index (χ3n) is 2.58. The van der Waals surface area contributed by atoms with Crippen molar-refractivity contribution >= 4 is 18.0 Å². The molecule has 0 bridgehead atoms. The largest absolute Gasteiger partial charge is 0.468 e. The molecule has 0 aliphatic carbocycles. The fourth-order valence-corrected chi connectivity index (χ4v) is 1.49. The number of rotatable bonds is 7. The molecule has 1 amide bonds. The Balaban J connectivity index is 2.66. The molecule has 1 aromatic rings. The molecule has 0 aliphatic heterocycles. The van der Waals surface area contributed by atoms with Gasteiger partial charge in [-0.1, -0.05) is 0 Å². The summed E-state index contributed by atoms with van der Waals surface area (Å²) in [5.41, 5.74) is 0. The number of amides is 1. The first-order valence-electron chi connectivity index (χ1n) is 6.16. The van der Waals surface area contributed by atoms with E-state index in [1.165, 1.54) is 25.2 Å². The minimum atomic E-state index is -0.475. The number of carbonyl (C=O) groups excluding carboxylic acids is 2. The predicted octanol–water partition coefficient (Wildman–Crippen LogP) is 1.25. The van der Waals surface area contributed by atoms with E-state index in [1.54, 1.807) is 18.2 Å². The molecule has 0 saturated carbocycles. The Morgan fingerprint density at radius 3 is 2.65 bits per heavy atom. The van der Waals surface area contributed by atoms with Crippen LogP contribution in [-0.4, -0.2) is 50.7 Å². The number of ether oxygens (including phenoxy) is 2. The van der Waals surface area contributed by atoms with Gasteiger partial charge in [-0.3, -0.25) is 9.59 Å². The zero-order valence-corrected chi connectivity index (χ0v) is 11.9. The van der Waals surface area contributed by atoms with Gasteiger partial charge in [0.05, 0.1) is 13.7 Å². The van der Waals surface area contributed by atoms with Crippen molar-refractivity contribution in [3.63, 3.8) is 0 Å². The van der Waals surface area contributed by atoms with Crippen molar-refractivity contribution in [1.29, 1.82) is 0 Å². The first-order chi connectivity index (χ1) is 9.56. The molecule has 20 heavy (non-hydrogen) atoms. The van der Waals surface area contributed by atoms with Crippen LogP contribution < -0.4 is 0 Å². The Morgan fingerprint density at radius 2 is 2.10 bits per heavy atom. The maximum atomic E-state index is 12.0. The Hall–Kier alpha value is -2.08. The van der Waals surface area contributed by atoms with E-state index in [2.05, 4.69) is 4.74 Å². The van der Waals surface area contributed by atoms with Gasteiger partial charge in [-0.2, -0.15) is 0 Å². The van der Waals surface area contributed by atoms with Crippen LogP contribution in [0, 0.1) is 6.92 Å². The first-order valence-corrected chi connectivity index (χ1v) is 6.16. The zero-order valence-electron chi connectivity index (χ0n) is 11.9. The fourth-order valence-electron chi connectivity index (χ4n) is 1.49. The number of furan rings is 1. The minimum absolute atomic E-state index is 0.111. The number of methoxy groups -OCH3 is 2. The van der Waals surface area contributed by atoms with Gasteiger partial charge >= 0.3 is 5.97 Å². The van der Waals surface area contributed by atoms with E-state index < -0.39 is 5.97 Å². The fraction of sp³-hybridized carbons (Fsp3) is 0.429. The highest BCUT2D eigenvalue weighted by molar-refractivity contribution is 5.93. The monoisotopic (exact) mass is 281 g/mol. The van der Waals surface area contributed by atoms with Gasteiger partial charge in [0.2, 0.25) is 5.91 Å². The van der Waals surface area contributed by atoms with E-state index in [4.69, 9.17) is 9.15 Å². The van der Waals surface area contributed by atoms with E-state index in [1.807, 2.05) is 6.92 Å². The Labute approximate surface area is 117 Å². The lowest BCUT2D eigenvalue weighted by Gasteiger charge is -2.19. The molecule has 0 fully saturated rings. The number of hydrogen-bond acceptors (Lipinski definition) is 5. The summed E-state index contributed by atoms with van der Waals surface area (Å²) in [4.78, 5) is 24.6. The van der Waals surface area contributed by atoms with Gasteiger partial charge in [0.15, 0.2) is 0 Å². The van der Waals surface area contributed by atoms with Gasteiger partial charge in [-0.25, -0.2) is 0 Å². The lowest BCUT2D eigenvalue weighted by atomic mass is 10.3. The summed E-state index contributed by atoms with van der Waals surface area (Å²) in [6.07, 6.45) is 2.92. The number of nitrogens with zero attached hydrogens (tertiary/aromatic N) is 1. The third-order valence-corrected chi connectivity index (χ3v) is 2.58. The Kier molecular flexibility index (Phi) is 6.52. The second-order valence-electron chi connectivity index (χ2n) is 4.11. The normalized spacial score (nSPS) is 10.8. The van der Waals surface area contributed by atoms with Gasteiger partial charge in [0, 0.05) is 19.7 Å². The summed E-state index contributed by atoms with van der Waals surface area (Å²) in [5, 5.41) is 0. The van der Waals surface area contributed by atoms with Crippen LogP contribution in [0.5, 0.6) is 0 Å². The Bertz CT molecular complexity index is 478. The second-order valence-corrected chi connectivity index (χ2v) is 4.11. The average Bonchev–Trinajstić information content (AvgIpc) is 2.86. The van der Waals surface area contributed by atoms with Crippen molar-refractivity contribution in [2.45, 2.75) is 6.92 Å². The number of esters is 1. The number of hydrogen-bond donors (Lipinski definition) is 0. The van der Waals surface area contributed by atoms with Gasteiger partial charge in [0.25, 0.3) is 0 Å². The summed E-state index contributed by atoms with van der Waals surface area (Å²) < 4.78 is 14.8. The van der Waals surface area contributed by atoms with Crippen molar-refractivity contribution in [1.82, 2.24) is 4.90 Å². The average molecular weight is 281 g/mol. The van der Waals surface area contributed by atoms with Crippen LogP contribution in [0.3, 0.4) is 0 Å². The van der Waals surface area contributed by atoms with Crippen molar-refractivity contribution in [3.8, 4) is 0 Å². The van der Waals surface area contributed by atoms with Crippen LogP contribution in [0.15, 0.2) is 22.6 Å². The van der Waals surface area contributed by atoms with Gasteiger partial charge in [-0.15, -0.1) is 0 Å². The molecule has 1 aromatic heterocycles. The predicted molar refractivity (Wildman–Crippen MR) is 73.0 cm³/mol. The van der Waals surface area contributed by atoms with Crippen molar-refractivity contribution in [2.24, 2.45) is 0 Å². The van der Waals surface area contributed by atoms with Crippen LogP contribution in [0.2, 0.25) is 0 Å². The molecule has 0 atom stereocenters. The molecule has 6 heteroatoms. The summed E-state index contributed by atoms with van der Waals surface area (Å²) in [5.74, 6) is 0.571. The number of aryl methyl sites for hydroxylation is 1. The quantitative estimate of drug-likeness (QED) is 0.556. The van der Waals surface area contributed by atoms with E-state index in [0.29, 0.717) is 18.9 Å². The first kappa shape index (κ1) is 16.0. The SMILES string of the molecule is COCCN(CC(=O)OC)C(=O)/C=C/c1ccc(C)o1. The molecule has 6 nitrogen and oxygen atoms in total. The molecular weight excluding hydrogens is 262 g/mol. The van der Waals surface area contributed by atoms with E-state index in [-0.39, 0.29) is 12.5 Å². The van der Waals surface area contributed by atoms with E-state index in [9.17, 15) is 9.59 Å². The molecule has 0 radical (unpaired) electrons. The molecule has 110 valence electrons. The van der Waals surface area contributed by atoms with E-state index in [0.717, 1.165) is 5.76 Å². The molecule has 1 heterocycles. The molecule has 0 N–H and O–H groups in total. The van der Waals surface area contributed by atoms with Gasteiger partial charge in [0.1, 0.15) is 18.1 Å². The smallest absolute Gasteiger partial charge is 0.325 e. The highest BCUT2D eigenvalue weighted by atomic mass is 16.5. The van der Waals surface area contributed by atoms with Crippen LogP contribution in [-0.2, 0) is 19.1 Å². The Morgan fingerprint density at radius 1 is 1.35 bits per heavy atom. The molecular formula is C14H19NO5. The summed E-state index contributed by atoms with van der Waals surface area (Å²) in [6, 6.07) is 3.57. The molecule has 1 rings (SSSR count). The van der Waals surface area contributed by atoms with Crippen molar-refractivity contribution in [2.75, 3.05) is 33.9 Å². The van der Waals surface area contributed by atoms with Gasteiger partial charge in [-0.05, 0) is 25.1 Å². The zero-order chi connectivity index (χ0) is 15.0. The van der Waals surface area contributed by atoms with Crippen LogP contribution in [0.25, 0.3) is 6.08 Å². The molecule has 0 aliphatic rings. The molecule has 0 unspecified atom stereocenters. The summed E-state index contributed by atoms with van der Waals surface area (Å²) in [6.45, 7) is 2.36. The lowest BCUT2D eigenvalue weighted by Crippen LogP contribution is -2.37. The van der Waals surface area contributed by atoms with Crippen LogP contribution in [0.4, 0.5) is 0 Å². The summed E-state index contributed by atoms with van der Waals surface area (Å²) in [7, 11) is 2.81. The molecule has 0 spiro atoms. The number of carbonyl (C=O) groups is 2. The highest BCUT2D eigenvalue weighted by Gasteiger charge is 2.15. The lowest BCUT2D eigenvalue weighted by molar-refractivity contribution is -0.145. The highest BCUT2D eigenvalue weighted by Crippen LogP contribution is 2.08. The van der Waals surface area contributed by atoms with Crippen molar-refractivity contribution < 1.29 is 23.5 Å². The minimum Gasteiger partial charge on any atom is -0.468 e. The standard InChI is InChI=1S/C14H19NO5/c1-11-4-5-12(20-11)6-7-13(16)15(8-9-18-2)10-14(17)19-3/h4-7H,8-10H2,1-3H3/b7-6+. The topological polar surface area (TPSA) is 69.0 Å². The van der Waals surface area contributed by atoms with Crippen LogP contribution in [0.1, 0.15) is 11.5 Å². The van der Waals surface area contributed by atoms with Crippen LogP contribution >= 0.6 is 0 Å². The molecule has 0 aromatic carbocycles. The maximum Gasteiger partial charge on any atom is 0.325 e. The van der Waals surface area contributed by atoms with Gasteiger partial charge < -0.3 is 18.8 Å². The second kappa shape index (κ2) is 8.16.